The van der Waals surface area contributed by atoms with Crippen molar-refractivity contribution in [2.45, 2.75) is 0 Å². The molecule has 0 N–H and O–H groups in total. The van der Waals surface area contributed by atoms with Crippen LogP contribution in [0.5, 0.6) is 5.75 Å². The van der Waals surface area contributed by atoms with Crippen LogP contribution in [0.3, 0.4) is 0 Å². The summed E-state index contributed by atoms with van der Waals surface area (Å²) in [6, 6.07) is 25.9. The van der Waals surface area contributed by atoms with Crippen molar-refractivity contribution < 1.29 is 9.53 Å². The normalized spacial score (nSPS) is 9.67. The molecule has 3 rings (SSSR count). The second-order valence-electron chi connectivity index (χ2n) is 5.06. The molecule has 3 aromatic carbocycles. The number of ether oxygens (including phenoxy) is 1. The Morgan fingerprint density at radius 2 is 1.33 bits per heavy atom. The minimum absolute atomic E-state index is 0. The lowest BCUT2D eigenvalue weighted by Crippen LogP contribution is -2.03. The number of esters is 1. The summed E-state index contributed by atoms with van der Waals surface area (Å²) in [4.78, 5) is 11.4. The second kappa shape index (κ2) is 8.18. The molecule has 0 amide bonds. The van der Waals surface area contributed by atoms with Crippen LogP contribution in [0.15, 0.2) is 91.5 Å². The van der Waals surface area contributed by atoms with Gasteiger partial charge in [-0.2, -0.15) is 13.5 Å². The fourth-order valence-electron chi connectivity index (χ4n) is 2.47. The molecule has 0 bridgehead atoms. The van der Waals surface area contributed by atoms with Gasteiger partial charge in [-0.25, -0.2) is 4.79 Å². The summed E-state index contributed by atoms with van der Waals surface area (Å²) in [7, 11) is 0. The van der Waals surface area contributed by atoms with Gasteiger partial charge in [0.15, 0.2) is 0 Å². The molecular formula is C21H18O2S. The maximum Gasteiger partial charge on any atom is 0.335 e. The van der Waals surface area contributed by atoms with Crippen molar-refractivity contribution >= 4 is 19.5 Å². The van der Waals surface area contributed by atoms with Crippen LogP contribution in [0.25, 0.3) is 22.3 Å². The van der Waals surface area contributed by atoms with Crippen molar-refractivity contribution in [3.63, 3.8) is 0 Å². The van der Waals surface area contributed by atoms with E-state index in [0.29, 0.717) is 5.75 Å². The Morgan fingerprint density at radius 3 is 1.88 bits per heavy atom. The molecule has 0 heterocycles. The van der Waals surface area contributed by atoms with Crippen molar-refractivity contribution in [2.75, 3.05) is 0 Å². The van der Waals surface area contributed by atoms with Crippen LogP contribution in [0.2, 0.25) is 0 Å². The molecule has 3 heteroatoms. The van der Waals surface area contributed by atoms with E-state index in [1.54, 1.807) is 6.07 Å². The molecule has 0 aliphatic carbocycles. The van der Waals surface area contributed by atoms with Gasteiger partial charge in [0.1, 0.15) is 5.75 Å². The minimum atomic E-state index is -0.462. The first kappa shape index (κ1) is 17.6. The molecule has 0 spiro atoms. The van der Waals surface area contributed by atoms with E-state index in [-0.39, 0.29) is 13.5 Å². The lowest BCUT2D eigenvalue weighted by molar-refractivity contribution is -0.128. The molecule has 0 fully saturated rings. The summed E-state index contributed by atoms with van der Waals surface area (Å²) in [6.07, 6.45) is 1.16. The van der Waals surface area contributed by atoms with Gasteiger partial charge in [-0.1, -0.05) is 73.3 Å². The molecule has 0 atom stereocenters. The summed E-state index contributed by atoms with van der Waals surface area (Å²) in [5, 5.41) is 0. The van der Waals surface area contributed by atoms with Crippen LogP contribution in [-0.4, -0.2) is 5.97 Å². The number of carbonyl (C=O) groups is 1. The summed E-state index contributed by atoms with van der Waals surface area (Å²) in [5.74, 6) is 0.0462. The number of carbonyl (C=O) groups excluding carboxylic acids is 1. The first-order chi connectivity index (χ1) is 11.3. The number of hydrogen-bond donors (Lipinski definition) is 0. The lowest BCUT2D eigenvalue weighted by Gasteiger charge is -2.12. The van der Waals surface area contributed by atoms with Crippen molar-refractivity contribution in [2.24, 2.45) is 0 Å². The fourth-order valence-corrected chi connectivity index (χ4v) is 2.47. The molecule has 2 nitrogen and oxygen atoms in total. The van der Waals surface area contributed by atoms with E-state index in [2.05, 4.69) is 18.7 Å². The molecule has 0 aromatic heterocycles. The smallest absolute Gasteiger partial charge is 0.335 e. The average Bonchev–Trinajstić information content (AvgIpc) is 2.63. The number of benzene rings is 3. The zero-order chi connectivity index (χ0) is 16.1. The minimum Gasteiger partial charge on any atom is -0.423 e. The maximum atomic E-state index is 11.4. The van der Waals surface area contributed by atoms with E-state index in [0.717, 1.165) is 28.3 Å². The summed E-state index contributed by atoms with van der Waals surface area (Å²) < 4.78 is 5.26. The van der Waals surface area contributed by atoms with E-state index in [4.69, 9.17) is 4.74 Å². The van der Waals surface area contributed by atoms with Gasteiger partial charge in [0.25, 0.3) is 0 Å². The molecule has 24 heavy (non-hydrogen) atoms. The summed E-state index contributed by atoms with van der Waals surface area (Å²) >= 11 is 0. The third kappa shape index (κ3) is 3.94. The molecular weight excluding hydrogens is 316 g/mol. The molecule has 0 saturated heterocycles. The van der Waals surface area contributed by atoms with Gasteiger partial charge >= 0.3 is 5.97 Å². The molecule has 0 aliphatic heterocycles. The summed E-state index contributed by atoms with van der Waals surface area (Å²) in [6.45, 7) is 3.43. The number of rotatable bonds is 4. The standard InChI is InChI=1S/C21H16O2.H2S/c1-2-21(22)23-18-13-14-19(16-9-5-3-6-10-16)20(15-18)17-11-7-4-8-12-17;/h2-15H,1H2;1H2. The Balaban J connectivity index is 0.00000208. The largest absolute Gasteiger partial charge is 0.423 e. The third-order valence-electron chi connectivity index (χ3n) is 3.55. The van der Waals surface area contributed by atoms with Gasteiger partial charge in [-0.05, 0) is 34.4 Å². The van der Waals surface area contributed by atoms with Crippen LogP contribution in [-0.2, 0) is 4.79 Å². The quantitative estimate of drug-likeness (QED) is 0.371. The summed E-state index contributed by atoms with van der Waals surface area (Å²) in [5.41, 5.74) is 4.30. The first-order valence-corrected chi connectivity index (χ1v) is 7.37. The van der Waals surface area contributed by atoms with Crippen LogP contribution >= 0.6 is 13.5 Å². The predicted molar refractivity (Wildman–Crippen MR) is 104 cm³/mol. The van der Waals surface area contributed by atoms with Gasteiger partial charge in [0.05, 0.1) is 0 Å². The Morgan fingerprint density at radius 1 is 0.792 bits per heavy atom. The van der Waals surface area contributed by atoms with Gasteiger partial charge in [0.2, 0.25) is 0 Å². The van der Waals surface area contributed by atoms with Gasteiger partial charge in [-0.15, -0.1) is 0 Å². The number of hydrogen-bond acceptors (Lipinski definition) is 2. The molecule has 0 unspecified atom stereocenters. The van der Waals surface area contributed by atoms with Crippen molar-refractivity contribution in [3.05, 3.63) is 91.5 Å². The van der Waals surface area contributed by atoms with Crippen LogP contribution in [0, 0.1) is 0 Å². The van der Waals surface area contributed by atoms with Crippen molar-refractivity contribution in [3.8, 4) is 28.0 Å². The second-order valence-corrected chi connectivity index (χ2v) is 5.06. The van der Waals surface area contributed by atoms with E-state index < -0.39 is 5.97 Å². The van der Waals surface area contributed by atoms with Crippen LogP contribution in [0.4, 0.5) is 0 Å². The molecule has 0 radical (unpaired) electrons. The van der Waals surface area contributed by atoms with Gasteiger partial charge in [0, 0.05) is 6.08 Å². The average molecular weight is 334 g/mol. The van der Waals surface area contributed by atoms with E-state index >= 15 is 0 Å². The van der Waals surface area contributed by atoms with Crippen molar-refractivity contribution in [1.29, 1.82) is 0 Å². The molecule has 0 aliphatic rings. The highest BCUT2D eigenvalue weighted by atomic mass is 32.1. The highest BCUT2D eigenvalue weighted by Gasteiger charge is 2.10. The van der Waals surface area contributed by atoms with Crippen LogP contribution in [0.1, 0.15) is 0 Å². The highest BCUT2D eigenvalue weighted by Crippen LogP contribution is 2.34. The maximum absolute atomic E-state index is 11.4. The molecule has 0 saturated carbocycles. The van der Waals surface area contributed by atoms with E-state index in [1.165, 1.54) is 0 Å². The topological polar surface area (TPSA) is 26.3 Å². The van der Waals surface area contributed by atoms with Crippen molar-refractivity contribution in [1.82, 2.24) is 0 Å². The molecule has 120 valence electrons. The zero-order valence-corrected chi connectivity index (χ0v) is 14.1. The van der Waals surface area contributed by atoms with Gasteiger partial charge in [-0.3, -0.25) is 0 Å². The predicted octanol–water partition coefficient (Wildman–Crippen LogP) is 5.22. The monoisotopic (exact) mass is 334 g/mol. The highest BCUT2D eigenvalue weighted by molar-refractivity contribution is 7.59. The Hall–Kier alpha value is -2.78. The zero-order valence-electron chi connectivity index (χ0n) is 13.1. The first-order valence-electron chi connectivity index (χ1n) is 7.37. The van der Waals surface area contributed by atoms with Gasteiger partial charge < -0.3 is 4.74 Å². The Labute approximate surface area is 148 Å². The SMILES string of the molecule is C=CC(=O)Oc1ccc(-c2ccccc2)c(-c2ccccc2)c1.S. The van der Waals surface area contributed by atoms with Crippen LogP contribution < -0.4 is 4.74 Å². The van der Waals surface area contributed by atoms with E-state index in [1.807, 2.05) is 60.7 Å². The Bertz CT molecular complexity index is 827. The lowest BCUT2D eigenvalue weighted by atomic mass is 9.94. The third-order valence-corrected chi connectivity index (χ3v) is 3.55. The van der Waals surface area contributed by atoms with E-state index in [9.17, 15) is 4.79 Å². The fraction of sp³-hybridized carbons (Fsp3) is 0. The Kier molecular flexibility index (Phi) is 5.99. The molecule has 3 aromatic rings.